The molecule has 2 heterocycles. The highest BCUT2D eigenvalue weighted by atomic mass is 16.5. The Labute approximate surface area is 110 Å². The molecule has 0 aliphatic carbocycles. The second-order valence-electron chi connectivity index (χ2n) is 4.12. The molecule has 0 aliphatic heterocycles. The van der Waals surface area contributed by atoms with Crippen LogP contribution < -0.4 is 4.74 Å². The number of rotatable bonds is 3. The summed E-state index contributed by atoms with van der Waals surface area (Å²) in [5, 5.41) is 4.47. The number of benzene rings is 1. The van der Waals surface area contributed by atoms with Crippen molar-refractivity contribution in [2.75, 3.05) is 7.11 Å². The Balaban J connectivity index is 2.27. The van der Waals surface area contributed by atoms with Crippen LogP contribution >= 0.6 is 0 Å². The molecule has 0 aliphatic rings. The van der Waals surface area contributed by atoms with Gasteiger partial charge >= 0.3 is 0 Å². The van der Waals surface area contributed by atoms with Crippen molar-refractivity contribution < 1.29 is 4.74 Å². The van der Waals surface area contributed by atoms with Crippen molar-refractivity contribution in [2.24, 2.45) is 0 Å². The number of aromatic nitrogens is 4. The highest BCUT2D eigenvalue weighted by Gasteiger charge is 2.12. The molecule has 0 amide bonds. The van der Waals surface area contributed by atoms with Crippen molar-refractivity contribution in [1.82, 2.24) is 19.6 Å². The maximum atomic E-state index is 5.40. The average Bonchev–Trinajstić information content (AvgIpc) is 2.90. The van der Waals surface area contributed by atoms with Crippen LogP contribution in [0.15, 0.2) is 36.5 Å². The molecule has 0 spiro atoms. The minimum absolute atomic E-state index is 0.611. The molecule has 0 fully saturated rings. The van der Waals surface area contributed by atoms with E-state index < -0.39 is 0 Å². The summed E-state index contributed by atoms with van der Waals surface area (Å²) < 4.78 is 7.16. The Hall–Kier alpha value is -2.43. The third kappa shape index (κ3) is 1.93. The molecule has 19 heavy (non-hydrogen) atoms. The number of fused-ring (bicyclic) bond motifs is 1. The van der Waals surface area contributed by atoms with Crippen LogP contribution in [-0.2, 0) is 6.42 Å². The van der Waals surface area contributed by atoms with Gasteiger partial charge in [-0.1, -0.05) is 19.1 Å². The molecular formula is C14H14N4O. The van der Waals surface area contributed by atoms with Crippen LogP contribution in [0.2, 0.25) is 0 Å². The van der Waals surface area contributed by atoms with Gasteiger partial charge < -0.3 is 4.74 Å². The summed E-state index contributed by atoms with van der Waals surface area (Å²) in [6.45, 7) is 2.03. The lowest BCUT2D eigenvalue weighted by atomic mass is 10.1. The molecule has 0 atom stereocenters. The smallest absolute Gasteiger partial charge is 0.252 e. The largest absolute Gasteiger partial charge is 0.496 e. The fourth-order valence-electron chi connectivity index (χ4n) is 2.05. The first kappa shape index (κ1) is 11.6. The number of methoxy groups -OCH3 is 1. The number of hydrogen-bond acceptors (Lipinski definition) is 4. The van der Waals surface area contributed by atoms with Crippen LogP contribution in [-0.4, -0.2) is 26.7 Å². The van der Waals surface area contributed by atoms with Crippen LogP contribution in [0.4, 0.5) is 0 Å². The molecule has 0 N–H and O–H groups in total. The van der Waals surface area contributed by atoms with E-state index in [2.05, 4.69) is 15.1 Å². The van der Waals surface area contributed by atoms with E-state index in [0.29, 0.717) is 5.78 Å². The lowest BCUT2D eigenvalue weighted by molar-refractivity contribution is 0.416. The lowest BCUT2D eigenvalue weighted by Gasteiger charge is -2.08. The van der Waals surface area contributed by atoms with Gasteiger partial charge in [0.2, 0.25) is 0 Å². The van der Waals surface area contributed by atoms with E-state index in [9.17, 15) is 0 Å². The Morgan fingerprint density at radius 3 is 2.84 bits per heavy atom. The molecule has 0 radical (unpaired) electrons. The third-order valence-corrected chi connectivity index (χ3v) is 2.98. The van der Waals surface area contributed by atoms with Gasteiger partial charge in [0, 0.05) is 18.2 Å². The fourth-order valence-corrected chi connectivity index (χ4v) is 2.05. The van der Waals surface area contributed by atoms with Gasteiger partial charge in [-0.25, -0.2) is 4.98 Å². The second-order valence-corrected chi connectivity index (χ2v) is 4.12. The minimum Gasteiger partial charge on any atom is -0.496 e. The zero-order valence-electron chi connectivity index (χ0n) is 10.9. The fraction of sp³-hybridized carbons (Fsp3) is 0.214. The molecule has 0 saturated carbocycles. The number of aryl methyl sites for hydroxylation is 1. The second kappa shape index (κ2) is 4.68. The molecule has 5 heteroatoms. The standard InChI is InChI=1S/C14H14N4O/c1-3-13-16-14-15-9-8-11(18(14)17-13)10-6-4-5-7-12(10)19-2/h4-9H,3H2,1-2H3. The lowest BCUT2D eigenvalue weighted by Crippen LogP contribution is -1.98. The predicted molar refractivity (Wildman–Crippen MR) is 72.1 cm³/mol. The van der Waals surface area contributed by atoms with Crippen LogP contribution in [0.25, 0.3) is 17.0 Å². The molecule has 1 aromatic carbocycles. The SMILES string of the molecule is CCc1nc2nccc(-c3ccccc3OC)n2n1. The van der Waals surface area contributed by atoms with Crippen molar-refractivity contribution in [3.63, 3.8) is 0 Å². The highest BCUT2D eigenvalue weighted by Crippen LogP contribution is 2.28. The summed E-state index contributed by atoms with van der Waals surface area (Å²) >= 11 is 0. The van der Waals surface area contributed by atoms with Gasteiger partial charge in [0.15, 0.2) is 5.82 Å². The zero-order chi connectivity index (χ0) is 13.2. The number of ether oxygens (including phenoxy) is 1. The molecule has 96 valence electrons. The van der Waals surface area contributed by atoms with Crippen LogP contribution in [0, 0.1) is 0 Å². The Morgan fingerprint density at radius 1 is 1.21 bits per heavy atom. The number of hydrogen-bond donors (Lipinski definition) is 0. The molecule has 5 nitrogen and oxygen atoms in total. The maximum Gasteiger partial charge on any atom is 0.252 e. The van der Waals surface area contributed by atoms with Crippen molar-refractivity contribution in [2.45, 2.75) is 13.3 Å². The van der Waals surface area contributed by atoms with E-state index in [4.69, 9.17) is 4.74 Å². The molecule has 0 unspecified atom stereocenters. The molecule has 0 saturated heterocycles. The molecule has 3 rings (SSSR count). The van der Waals surface area contributed by atoms with E-state index in [1.165, 1.54) is 0 Å². The highest BCUT2D eigenvalue weighted by molar-refractivity contribution is 5.68. The van der Waals surface area contributed by atoms with E-state index in [1.54, 1.807) is 17.8 Å². The maximum absolute atomic E-state index is 5.40. The van der Waals surface area contributed by atoms with E-state index in [1.807, 2.05) is 37.3 Å². The Bertz CT molecular complexity index is 720. The molecule has 0 bridgehead atoms. The summed E-state index contributed by atoms with van der Waals surface area (Å²) in [5.74, 6) is 2.21. The van der Waals surface area contributed by atoms with Crippen molar-refractivity contribution >= 4 is 5.78 Å². The first-order valence-electron chi connectivity index (χ1n) is 6.17. The normalized spacial score (nSPS) is 10.8. The summed E-state index contributed by atoms with van der Waals surface area (Å²) in [4.78, 5) is 8.61. The predicted octanol–water partition coefficient (Wildman–Crippen LogP) is 2.36. The van der Waals surface area contributed by atoms with Crippen LogP contribution in [0.5, 0.6) is 5.75 Å². The van der Waals surface area contributed by atoms with Crippen molar-refractivity contribution in [3.8, 4) is 17.0 Å². The quantitative estimate of drug-likeness (QED) is 0.720. The number of nitrogens with zero attached hydrogens (tertiary/aromatic N) is 4. The van der Waals surface area contributed by atoms with Gasteiger partial charge in [0.05, 0.1) is 12.8 Å². The third-order valence-electron chi connectivity index (χ3n) is 2.98. The summed E-state index contributed by atoms with van der Waals surface area (Å²) in [5.41, 5.74) is 1.90. The van der Waals surface area contributed by atoms with Crippen LogP contribution in [0.1, 0.15) is 12.7 Å². The molecule has 2 aromatic heterocycles. The van der Waals surface area contributed by atoms with Gasteiger partial charge in [-0.2, -0.15) is 9.50 Å². The minimum atomic E-state index is 0.611. The van der Waals surface area contributed by atoms with Gasteiger partial charge in [-0.3, -0.25) is 0 Å². The average molecular weight is 254 g/mol. The first-order valence-corrected chi connectivity index (χ1v) is 6.17. The number of para-hydroxylation sites is 1. The van der Waals surface area contributed by atoms with Crippen molar-refractivity contribution in [3.05, 3.63) is 42.4 Å². The first-order chi connectivity index (χ1) is 9.33. The molecular weight excluding hydrogens is 240 g/mol. The Kier molecular flexibility index (Phi) is 2.87. The van der Waals surface area contributed by atoms with E-state index in [-0.39, 0.29) is 0 Å². The van der Waals surface area contributed by atoms with Crippen molar-refractivity contribution in [1.29, 1.82) is 0 Å². The van der Waals surface area contributed by atoms with Crippen LogP contribution in [0.3, 0.4) is 0 Å². The Morgan fingerprint density at radius 2 is 2.05 bits per heavy atom. The zero-order valence-corrected chi connectivity index (χ0v) is 10.9. The van der Waals surface area contributed by atoms with E-state index >= 15 is 0 Å². The topological polar surface area (TPSA) is 52.3 Å². The van der Waals surface area contributed by atoms with Gasteiger partial charge in [-0.05, 0) is 18.2 Å². The summed E-state index contributed by atoms with van der Waals surface area (Å²) in [7, 11) is 1.66. The van der Waals surface area contributed by atoms with E-state index in [0.717, 1.165) is 29.3 Å². The van der Waals surface area contributed by atoms with Gasteiger partial charge in [0.1, 0.15) is 5.75 Å². The van der Waals surface area contributed by atoms with Gasteiger partial charge in [0.25, 0.3) is 5.78 Å². The summed E-state index contributed by atoms with van der Waals surface area (Å²) in [6.07, 6.45) is 2.53. The molecule has 3 aromatic rings. The monoisotopic (exact) mass is 254 g/mol. The summed E-state index contributed by atoms with van der Waals surface area (Å²) in [6, 6.07) is 9.76. The van der Waals surface area contributed by atoms with Gasteiger partial charge in [-0.15, -0.1) is 5.10 Å².